The number of pyridine rings is 1. The van der Waals surface area contributed by atoms with Crippen LogP contribution in [0.1, 0.15) is 6.92 Å². The Balaban J connectivity index is 2.21. The van der Waals surface area contributed by atoms with E-state index in [2.05, 4.69) is 16.8 Å². The highest BCUT2D eigenvalue weighted by molar-refractivity contribution is 5.66. The first-order valence-corrected chi connectivity index (χ1v) is 5.41. The molecule has 1 aliphatic heterocycles. The summed E-state index contributed by atoms with van der Waals surface area (Å²) in [6.07, 6.45) is 3.23. The molecular formula is C11H17N3O2. The van der Waals surface area contributed by atoms with Crippen LogP contribution in [0.5, 0.6) is 0 Å². The van der Waals surface area contributed by atoms with Gasteiger partial charge >= 0.3 is 0 Å². The molecule has 2 rings (SSSR count). The molecule has 1 fully saturated rings. The number of ether oxygens (including phenoxy) is 1. The average molecular weight is 223 g/mol. The van der Waals surface area contributed by atoms with Gasteiger partial charge in [0, 0.05) is 18.8 Å². The molecule has 1 saturated heterocycles. The topological polar surface area (TPSA) is 71.6 Å². The lowest BCUT2D eigenvalue weighted by Crippen LogP contribution is -2.49. The van der Waals surface area contributed by atoms with Gasteiger partial charge in [-0.1, -0.05) is 0 Å². The molecule has 88 valence electrons. The van der Waals surface area contributed by atoms with E-state index in [1.165, 1.54) is 0 Å². The van der Waals surface area contributed by atoms with E-state index >= 15 is 0 Å². The van der Waals surface area contributed by atoms with Crippen molar-refractivity contribution in [2.24, 2.45) is 0 Å². The highest BCUT2D eigenvalue weighted by atomic mass is 16.5. The Labute approximate surface area is 94.8 Å². The van der Waals surface area contributed by atoms with Gasteiger partial charge in [-0.05, 0) is 13.0 Å². The van der Waals surface area contributed by atoms with Crippen LogP contribution in [0.3, 0.4) is 0 Å². The molecule has 16 heavy (non-hydrogen) atoms. The highest BCUT2D eigenvalue weighted by Gasteiger charge is 2.26. The fourth-order valence-corrected chi connectivity index (χ4v) is 1.92. The Kier molecular flexibility index (Phi) is 3.26. The molecule has 0 spiro atoms. The number of aromatic nitrogens is 1. The lowest BCUT2D eigenvalue weighted by Gasteiger charge is -2.39. The van der Waals surface area contributed by atoms with Crippen molar-refractivity contribution < 1.29 is 9.84 Å². The predicted molar refractivity (Wildman–Crippen MR) is 62.3 cm³/mol. The zero-order valence-electron chi connectivity index (χ0n) is 9.34. The monoisotopic (exact) mass is 223 g/mol. The summed E-state index contributed by atoms with van der Waals surface area (Å²) in [5.41, 5.74) is 7.52. The number of anilines is 2. The van der Waals surface area contributed by atoms with Gasteiger partial charge in [-0.2, -0.15) is 0 Å². The van der Waals surface area contributed by atoms with Gasteiger partial charge in [0.2, 0.25) is 0 Å². The van der Waals surface area contributed by atoms with Gasteiger partial charge in [-0.15, -0.1) is 0 Å². The molecule has 0 bridgehead atoms. The lowest BCUT2D eigenvalue weighted by molar-refractivity contribution is -0.0102. The summed E-state index contributed by atoms with van der Waals surface area (Å²) in [6, 6.07) is 2.15. The number of nitrogens with two attached hydrogens (primary N) is 1. The van der Waals surface area contributed by atoms with E-state index in [1.807, 2.05) is 6.07 Å². The minimum absolute atomic E-state index is 0.0359. The molecule has 3 N–H and O–H groups in total. The van der Waals surface area contributed by atoms with E-state index < -0.39 is 0 Å². The maximum Gasteiger partial charge on any atom is 0.0981 e. The molecule has 0 radical (unpaired) electrons. The van der Waals surface area contributed by atoms with Gasteiger partial charge in [-0.25, -0.2) is 0 Å². The number of aliphatic hydroxyl groups excluding tert-OH is 1. The molecule has 5 heteroatoms. The first-order chi connectivity index (χ1) is 7.72. The van der Waals surface area contributed by atoms with Crippen molar-refractivity contribution in [1.29, 1.82) is 0 Å². The molecule has 1 aromatic heterocycles. The van der Waals surface area contributed by atoms with Crippen molar-refractivity contribution >= 4 is 11.4 Å². The summed E-state index contributed by atoms with van der Waals surface area (Å²) in [4.78, 5) is 6.13. The second-order valence-electron chi connectivity index (χ2n) is 4.07. The SMILES string of the molecule is CC1COC(CO)CN1c1ccncc1N. The summed E-state index contributed by atoms with van der Waals surface area (Å²) in [7, 11) is 0. The lowest BCUT2D eigenvalue weighted by atomic mass is 10.1. The fraction of sp³-hybridized carbons (Fsp3) is 0.545. The Morgan fingerprint density at radius 1 is 1.69 bits per heavy atom. The van der Waals surface area contributed by atoms with E-state index in [-0.39, 0.29) is 18.8 Å². The van der Waals surface area contributed by atoms with Crippen LogP contribution < -0.4 is 10.6 Å². The molecule has 2 heterocycles. The van der Waals surface area contributed by atoms with Crippen molar-refractivity contribution in [2.45, 2.75) is 19.1 Å². The number of nitrogens with zero attached hydrogens (tertiary/aromatic N) is 2. The Morgan fingerprint density at radius 2 is 2.50 bits per heavy atom. The Hall–Kier alpha value is -1.33. The molecule has 5 nitrogen and oxygen atoms in total. The fourth-order valence-electron chi connectivity index (χ4n) is 1.92. The largest absolute Gasteiger partial charge is 0.396 e. The second kappa shape index (κ2) is 4.67. The van der Waals surface area contributed by atoms with Crippen LogP contribution in [0.15, 0.2) is 18.5 Å². The van der Waals surface area contributed by atoms with E-state index in [1.54, 1.807) is 12.4 Å². The summed E-state index contributed by atoms with van der Waals surface area (Å²) in [5, 5.41) is 9.12. The van der Waals surface area contributed by atoms with Crippen LogP contribution in [0.25, 0.3) is 0 Å². The van der Waals surface area contributed by atoms with Crippen LogP contribution >= 0.6 is 0 Å². The molecular weight excluding hydrogens is 206 g/mol. The van der Waals surface area contributed by atoms with Crippen LogP contribution in [0.2, 0.25) is 0 Å². The summed E-state index contributed by atoms with van der Waals surface area (Å²) >= 11 is 0. The Morgan fingerprint density at radius 3 is 3.19 bits per heavy atom. The predicted octanol–water partition coefficient (Wildman–Crippen LogP) is 0.250. The smallest absolute Gasteiger partial charge is 0.0981 e. The molecule has 0 aromatic carbocycles. The number of hydrogen-bond donors (Lipinski definition) is 2. The third-order valence-electron chi connectivity index (χ3n) is 2.85. The van der Waals surface area contributed by atoms with Crippen molar-refractivity contribution in [3.05, 3.63) is 18.5 Å². The first kappa shape index (κ1) is 11.2. The van der Waals surface area contributed by atoms with E-state index in [0.717, 1.165) is 5.69 Å². The van der Waals surface area contributed by atoms with Crippen molar-refractivity contribution in [3.8, 4) is 0 Å². The van der Waals surface area contributed by atoms with E-state index in [0.29, 0.717) is 18.8 Å². The van der Waals surface area contributed by atoms with Gasteiger partial charge in [-0.3, -0.25) is 4.98 Å². The first-order valence-electron chi connectivity index (χ1n) is 5.41. The summed E-state index contributed by atoms with van der Waals surface area (Å²) in [6.45, 7) is 3.38. The van der Waals surface area contributed by atoms with Crippen LogP contribution in [-0.4, -0.2) is 42.0 Å². The van der Waals surface area contributed by atoms with Gasteiger partial charge in [0.1, 0.15) is 0 Å². The molecule has 2 unspecified atom stereocenters. The average Bonchev–Trinajstić information content (AvgIpc) is 2.31. The minimum Gasteiger partial charge on any atom is -0.396 e. The van der Waals surface area contributed by atoms with Crippen molar-refractivity contribution in [2.75, 3.05) is 30.4 Å². The number of morpholine rings is 1. The number of aliphatic hydroxyl groups is 1. The third-order valence-corrected chi connectivity index (χ3v) is 2.85. The van der Waals surface area contributed by atoms with Crippen LogP contribution in [0.4, 0.5) is 11.4 Å². The van der Waals surface area contributed by atoms with Crippen LogP contribution in [0, 0.1) is 0 Å². The zero-order valence-corrected chi connectivity index (χ0v) is 9.34. The van der Waals surface area contributed by atoms with Gasteiger partial charge in [0.25, 0.3) is 0 Å². The standard InChI is InChI=1S/C11H17N3O2/c1-8-7-16-9(6-15)5-14(8)11-2-3-13-4-10(11)12/h2-4,8-9,15H,5-7,12H2,1H3. The molecule has 0 aliphatic carbocycles. The molecule has 0 saturated carbocycles. The molecule has 2 atom stereocenters. The summed E-state index contributed by atoms with van der Waals surface area (Å²) < 4.78 is 5.48. The quantitative estimate of drug-likeness (QED) is 0.752. The zero-order chi connectivity index (χ0) is 11.5. The van der Waals surface area contributed by atoms with Gasteiger partial charge < -0.3 is 20.5 Å². The normalized spacial score (nSPS) is 25.8. The second-order valence-corrected chi connectivity index (χ2v) is 4.07. The van der Waals surface area contributed by atoms with Gasteiger partial charge in [0.15, 0.2) is 0 Å². The van der Waals surface area contributed by atoms with Crippen LogP contribution in [-0.2, 0) is 4.74 Å². The Bertz CT molecular complexity index is 359. The maximum absolute atomic E-state index is 9.12. The molecule has 1 aliphatic rings. The molecule has 0 amide bonds. The minimum atomic E-state index is -0.135. The number of hydrogen-bond acceptors (Lipinski definition) is 5. The van der Waals surface area contributed by atoms with E-state index in [4.69, 9.17) is 15.6 Å². The number of rotatable bonds is 2. The maximum atomic E-state index is 9.12. The number of nitrogen functional groups attached to an aromatic ring is 1. The highest BCUT2D eigenvalue weighted by Crippen LogP contribution is 2.26. The molecule has 1 aromatic rings. The van der Waals surface area contributed by atoms with Crippen molar-refractivity contribution in [3.63, 3.8) is 0 Å². The third kappa shape index (κ3) is 2.10. The summed E-state index contributed by atoms with van der Waals surface area (Å²) in [5.74, 6) is 0. The van der Waals surface area contributed by atoms with Crippen molar-refractivity contribution in [1.82, 2.24) is 4.98 Å². The van der Waals surface area contributed by atoms with Gasteiger partial charge in [0.05, 0.1) is 36.9 Å². The van der Waals surface area contributed by atoms with E-state index in [9.17, 15) is 0 Å².